The summed E-state index contributed by atoms with van der Waals surface area (Å²) in [6.07, 6.45) is 0. The maximum absolute atomic E-state index is 12.9. The average Bonchev–Trinajstić information content (AvgIpc) is 3.32. The zero-order valence-corrected chi connectivity index (χ0v) is 19.9. The highest BCUT2D eigenvalue weighted by atomic mass is 32.2. The lowest BCUT2D eigenvalue weighted by Gasteiger charge is -2.33. The van der Waals surface area contributed by atoms with Crippen LogP contribution in [-0.4, -0.2) is 55.5 Å². The van der Waals surface area contributed by atoms with Crippen molar-refractivity contribution in [1.82, 2.24) is 9.21 Å². The molecule has 0 saturated carbocycles. The van der Waals surface area contributed by atoms with E-state index in [4.69, 9.17) is 9.15 Å². The Morgan fingerprint density at radius 2 is 1.56 bits per heavy atom. The van der Waals surface area contributed by atoms with Crippen LogP contribution in [0, 0.1) is 6.92 Å². The summed E-state index contributed by atoms with van der Waals surface area (Å²) in [6, 6.07) is 16.8. The van der Waals surface area contributed by atoms with Gasteiger partial charge in [-0.1, -0.05) is 29.8 Å². The Bertz CT molecular complexity index is 1270. The number of piperazine rings is 1. The predicted molar refractivity (Wildman–Crippen MR) is 125 cm³/mol. The van der Waals surface area contributed by atoms with Gasteiger partial charge in [-0.25, -0.2) is 8.42 Å². The second-order valence-corrected chi connectivity index (χ2v) is 10.1. The Morgan fingerprint density at radius 3 is 2.18 bits per heavy atom. The van der Waals surface area contributed by atoms with Gasteiger partial charge in [0.15, 0.2) is 11.5 Å². The number of hydrogen-bond donors (Lipinski definition) is 0. The molecule has 3 aromatic rings. The lowest BCUT2D eigenvalue weighted by atomic mass is 10.2. The Morgan fingerprint density at radius 1 is 0.912 bits per heavy atom. The third-order valence-electron chi connectivity index (χ3n) is 5.70. The van der Waals surface area contributed by atoms with E-state index in [0.717, 1.165) is 5.56 Å². The van der Waals surface area contributed by atoms with Gasteiger partial charge in [0.25, 0.3) is 5.91 Å². The first-order valence-corrected chi connectivity index (χ1v) is 12.4. The molecule has 8 nitrogen and oxygen atoms in total. The van der Waals surface area contributed by atoms with E-state index >= 15 is 0 Å². The highest BCUT2D eigenvalue weighted by Crippen LogP contribution is 2.21. The molecule has 0 aliphatic carbocycles. The second kappa shape index (κ2) is 9.82. The first-order valence-electron chi connectivity index (χ1n) is 10.9. The van der Waals surface area contributed by atoms with E-state index in [1.54, 1.807) is 17.0 Å². The van der Waals surface area contributed by atoms with Gasteiger partial charge in [-0.15, -0.1) is 0 Å². The summed E-state index contributed by atoms with van der Waals surface area (Å²) in [5.74, 6) is 1.02. The van der Waals surface area contributed by atoms with E-state index in [0.29, 0.717) is 17.1 Å². The Hall–Kier alpha value is -3.43. The molecule has 1 saturated heterocycles. The normalized spacial score (nSPS) is 14.7. The van der Waals surface area contributed by atoms with Crippen LogP contribution in [0.15, 0.2) is 70.0 Å². The van der Waals surface area contributed by atoms with Crippen LogP contribution in [0.25, 0.3) is 0 Å². The summed E-state index contributed by atoms with van der Waals surface area (Å²) in [5, 5.41) is 0. The van der Waals surface area contributed by atoms with E-state index in [1.807, 2.05) is 31.2 Å². The minimum Gasteiger partial charge on any atom is -0.486 e. The molecule has 1 aliphatic heterocycles. The molecular weight excluding hydrogens is 456 g/mol. The zero-order chi connectivity index (χ0) is 24.3. The highest BCUT2D eigenvalue weighted by Gasteiger charge is 2.31. The van der Waals surface area contributed by atoms with Gasteiger partial charge in [0.2, 0.25) is 10.0 Å². The number of aryl methyl sites for hydroxylation is 1. The molecule has 0 N–H and O–H groups in total. The monoisotopic (exact) mass is 482 g/mol. The number of rotatable bonds is 7. The van der Waals surface area contributed by atoms with Crippen molar-refractivity contribution < 1.29 is 27.2 Å². The third-order valence-corrected chi connectivity index (χ3v) is 7.61. The van der Waals surface area contributed by atoms with E-state index in [1.165, 1.54) is 35.5 Å². The fraction of sp³-hybridized carbons (Fsp3) is 0.280. The van der Waals surface area contributed by atoms with Gasteiger partial charge in [-0.2, -0.15) is 4.31 Å². The predicted octanol–water partition coefficient (Wildman–Crippen LogP) is 3.52. The Kier molecular flexibility index (Phi) is 6.85. The van der Waals surface area contributed by atoms with Crippen LogP contribution in [0.5, 0.6) is 5.75 Å². The lowest BCUT2D eigenvalue weighted by Crippen LogP contribution is -2.50. The standard InChI is InChI=1S/C25H26N2O6S/c1-18-3-7-21(8-4-18)32-17-22-9-12-24(33-22)25(29)26-13-15-27(16-14-26)34(30,31)23-10-5-20(6-11-23)19(2)28/h3-12H,13-17H2,1-2H3. The molecule has 4 rings (SSSR count). The fourth-order valence-corrected chi connectivity index (χ4v) is 5.08. The number of furan rings is 1. The minimum atomic E-state index is -3.71. The first kappa shape index (κ1) is 23.7. The molecule has 0 radical (unpaired) electrons. The quantitative estimate of drug-likeness (QED) is 0.478. The van der Waals surface area contributed by atoms with Crippen molar-refractivity contribution in [3.8, 4) is 5.75 Å². The van der Waals surface area contributed by atoms with Gasteiger partial charge in [-0.05, 0) is 50.2 Å². The molecule has 0 spiro atoms. The summed E-state index contributed by atoms with van der Waals surface area (Å²) in [5.41, 5.74) is 1.59. The van der Waals surface area contributed by atoms with Crippen molar-refractivity contribution in [2.45, 2.75) is 25.3 Å². The molecule has 9 heteroatoms. The van der Waals surface area contributed by atoms with E-state index in [-0.39, 0.29) is 55.1 Å². The molecule has 2 heterocycles. The molecule has 1 aromatic heterocycles. The fourth-order valence-electron chi connectivity index (χ4n) is 3.66. The van der Waals surface area contributed by atoms with E-state index in [9.17, 15) is 18.0 Å². The second-order valence-electron chi connectivity index (χ2n) is 8.14. The van der Waals surface area contributed by atoms with Gasteiger partial charge >= 0.3 is 0 Å². The maximum Gasteiger partial charge on any atom is 0.289 e. The van der Waals surface area contributed by atoms with Gasteiger partial charge in [0.05, 0.1) is 4.90 Å². The summed E-state index contributed by atoms with van der Waals surface area (Å²) < 4.78 is 38.6. The molecule has 178 valence electrons. The van der Waals surface area contributed by atoms with Crippen LogP contribution in [0.2, 0.25) is 0 Å². The minimum absolute atomic E-state index is 0.126. The number of sulfonamides is 1. The molecule has 1 aliphatic rings. The topological polar surface area (TPSA) is 97.1 Å². The molecular formula is C25H26N2O6S. The van der Waals surface area contributed by atoms with E-state index < -0.39 is 10.0 Å². The van der Waals surface area contributed by atoms with Gasteiger partial charge in [0.1, 0.15) is 18.1 Å². The first-order chi connectivity index (χ1) is 16.2. The van der Waals surface area contributed by atoms with Gasteiger partial charge in [0, 0.05) is 31.7 Å². The number of Topliss-reactive ketones (excluding diaryl/α,β-unsaturated/α-hetero) is 1. The molecule has 34 heavy (non-hydrogen) atoms. The van der Waals surface area contributed by atoms with Crippen LogP contribution in [0.3, 0.4) is 0 Å². The van der Waals surface area contributed by atoms with Crippen LogP contribution in [-0.2, 0) is 16.6 Å². The molecule has 0 unspecified atom stereocenters. The lowest BCUT2D eigenvalue weighted by molar-refractivity contribution is 0.0662. The van der Waals surface area contributed by atoms with Gasteiger partial charge in [-0.3, -0.25) is 9.59 Å². The molecule has 1 amide bonds. The number of ether oxygens (including phenoxy) is 1. The Balaban J connectivity index is 1.33. The SMILES string of the molecule is CC(=O)c1ccc(S(=O)(=O)N2CCN(C(=O)c3ccc(COc4ccc(C)cc4)o3)CC2)cc1. The van der Waals surface area contributed by atoms with Crippen molar-refractivity contribution in [1.29, 1.82) is 0 Å². The van der Waals surface area contributed by atoms with Crippen molar-refractivity contribution in [2.75, 3.05) is 26.2 Å². The summed E-state index contributed by atoms with van der Waals surface area (Å²) in [6.45, 7) is 4.47. The molecule has 0 atom stereocenters. The smallest absolute Gasteiger partial charge is 0.289 e. The molecule has 0 bridgehead atoms. The average molecular weight is 483 g/mol. The van der Waals surface area contributed by atoms with Crippen molar-refractivity contribution >= 4 is 21.7 Å². The molecule has 1 fully saturated rings. The van der Waals surface area contributed by atoms with Crippen LogP contribution < -0.4 is 4.74 Å². The van der Waals surface area contributed by atoms with Crippen LogP contribution in [0.1, 0.15) is 39.2 Å². The van der Waals surface area contributed by atoms with Crippen molar-refractivity contribution in [2.24, 2.45) is 0 Å². The van der Waals surface area contributed by atoms with Gasteiger partial charge < -0.3 is 14.1 Å². The number of carbonyl (C=O) groups excluding carboxylic acids is 2. The Labute approximate surface area is 198 Å². The number of benzene rings is 2. The number of amides is 1. The van der Waals surface area contributed by atoms with Crippen molar-refractivity contribution in [3.05, 3.63) is 83.3 Å². The maximum atomic E-state index is 12.9. The summed E-state index contributed by atoms with van der Waals surface area (Å²) in [7, 11) is -3.71. The number of carbonyl (C=O) groups is 2. The highest BCUT2D eigenvalue weighted by molar-refractivity contribution is 7.89. The number of ketones is 1. The number of hydrogen-bond acceptors (Lipinski definition) is 6. The largest absolute Gasteiger partial charge is 0.486 e. The van der Waals surface area contributed by atoms with Crippen LogP contribution in [0.4, 0.5) is 0 Å². The summed E-state index contributed by atoms with van der Waals surface area (Å²) >= 11 is 0. The summed E-state index contributed by atoms with van der Waals surface area (Å²) in [4.78, 5) is 26.0. The van der Waals surface area contributed by atoms with E-state index in [2.05, 4.69) is 0 Å². The van der Waals surface area contributed by atoms with Crippen molar-refractivity contribution in [3.63, 3.8) is 0 Å². The zero-order valence-electron chi connectivity index (χ0n) is 19.1. The van der Waals surface area contributed by atoms with Crippen LogP contribution >= 0.6 is 0 Å². The third kappa shape index (κ3) is 5.21. The molecule has 2 aromatic carbocycles. The number of nitrogens with zero attached hydrogens (tertiary/aromatic N) is 2.